The van der Waals surface area contributed by atoms with Crippen molar-refractivity contribution < 1.29 is 4.42 Å². The molecule has 2 rings (SSSR count). The molecule has 0 saturated heterocycles. The van der Waals surface area contributed by atoms with Crippen molar-refractivity contribution in [2.45, 2.75) is 13.8 Å². The highest BCUT2D eigenvalue weighted by molar-refractivity contribution is 5.45. The molecule has 0 aliphatic rings. The number of aryl methyl sites for hydroxylation is 2. The van der Waals surface area contributed by atoms with Gasteiger partial charge in [0.15, 0.2) is 0 Å². The maximum atomic E-state index is 5.28. The fourth-order valence-corrected chi connectivity index (χ4v) is 1.10. The normalized spacial score (nSPS) is 10.7. The molecule has 2 aromatic rings. The van der Waals surface area contributed by atoms with Gasteiger partial charge in [0.1, 0.15) is 11.5 Å². The van der Waals surface area contributed by atoms with Crippen LogP contribution in [0.25, 0.3) is 11.6 Å². The molecule has 0 unspecified atom stereocenters. The molecule has 5 heteroatoms. The van der Waals surface area contributed by atoms with E-state index < -0.39 is 0 Å². The summed E-state index contributed by atoms with van der Waals surface area (Å²) in [4.78, 5) is 4.14. The summed E-state index contributed by atoms with van der Waals surface area (Å²) in [6, 6.07) is 0. The summed E-state index contributed by atoms with van der Waals surface area (Å²) >= 11 is 0. The Morgan fingerprint density at radius 2 is 2.08 bits per heavy atom. The van der Waals surface area contributed by atoms with Crippen molar-refractivity contribution in [3.8, 4) is 11.6 Å². The highest BCUT2D eigenvalue weighted by atomic mass is 16.4. The van der Waals surface area contributed by atoms with Crippen LogP contribution in [-0.2, 0) is 7.05 Å². The zero-order chi connectivity index (χ0) is 9.42. The Balaban J connectivity index is 2.52. The Kier molecular flexibility index (Phi) is 1.65. The monoisotopic (exact) mass is 178 g/mol. The van der Waals surface area contributed by atoms with Crippen LogP contribution in [0, 0.1) is 13.8 Å². The Hall–Kier alpha value is -1.65. The van der Waals surface area contributed by atoms with Crippen molar-refractivity contribution in [1.82, 2.24) is 19.7 Å². The van der Waals surface area contributed by atoms with Crippen LogP contribution < -0.4 is 0 Å². The first-order chi connectivity index (χ1) is 6.18. The topological polar surface area (TPSA) is 56.7 Å². The van der Waals surface area contributed by atoms with E-state index in [2.05, 4.69) is 15.2 Å². The number of rotatable bonds is 1. The molecule has 2 heterocycles. The number of aromatic nitrogens is 4. The first kappa shape index (κ1) is 7.97. The average Bonchev–Trinajstić information content (AvgIpc) is 2.62. The first-order valence-corrected chi connectivity index (χ1v) is 3.97. The van der Waals surface area contributed by atoms with Crippen LogP contribution in [0.5, 0.6) is 0 Å². The van der Waals surface area contributed by atoms with Crippen molar-refractivity contribution in [3.05, 3.63) is 17.9 Å². The number of hydrogen-bond donors (Lipinski definition) is 0. The SMILES string of the molecule is Cc1nnc(-c2cnc(C)n2C)o1. The number of nitrogens with zero attached hydrogens (tertiary/aromatic N) is 4. The average molecular weight is 178 g/mol. The van der Waals surface area contributed by atoms with Crippen LogP contribution in [0.2, 0.25) is 0 Å². The fourth-order valence-electron chi connectivity index (χ4n) is 1.10. The second-order valence-corrected chi connectivity index (χ2v) is 2.88. The van der Waals surface area contributed by atoms with E-state index in [1.807, 2.05) is 18.5 Å². The molecule has 0 aromatic carbocycles. The molecule has 0 fully saturated rings. The second-order valence-electron chi connectivity index (χ2n) is 2.88. The summed E-state index contributed by atoms with van der Waals surface area (Å²) in [6.45, 7) is 3.69. The van der Waals surface area contributed by atoms with E-state index in [0.29, 0.717) is 11.8 Å². The van der Waals surface area contributed by atoms with E-state index in [1.54, 1.807) is 13.1 Å². The van der Waals surface area contributed by atoms with Crippen molar-refractivity contribution in [1.29, 1.82) is 0 Å². The maximum Gasteiger partial charge on any atom is 0.265 e. The minimum absolute atomic E-state index is 0.514. The molecule has 0 bridgehead atoms. The second kappa shape index (κ2) is 2.69. The quantitative estimate of drug-likeness (QED) is 0.655. The largest absolute Gasteiger partial charge is 0.420 e. The van der Waals surface area contributed by atoms with Crippen molar-refractivity contribution in [3.63, 3.8) is 0 Å². The standard InChI is InChI=1S/C8H10N4O/c1-5-9-4-7(12(5)3)8-11-10-6(2)13-8/h4H,1-3H3. The minimum Gasteiger partial charge on any atom is -0.420 e. The van der Waals surface area contributed by atoms with Gasteiger partial charge in [0, 0.05) is 14.0 Å². The predicted molar refractivity (Wildman–Crippen MR) is 46.0 cm³/mol. The lowest BCUT2D eigenvalue weighted by atomic mass is 10.5. The molecule has 0 amide bonds. The van der Waals surface area contributed by atoms with Gasteiger partial charge in [0.25, 0.3) is 5.89 Å². The molecule has 0 spiro atoms. The van der Waals surface area contributed by atoms with E-state index in [1.165, 1.54) is 0 Å². The van der Waals surface area contributed by atoms with Gasteiger partial charge in [-0.1, -0.05) is 0 Å². The molecular formula is C8H10N4O. The summed E-state index contributed by atoms with van der Waals surface area (Å²) in [6.07, 6.45) is 1.72. The molecule has 0 saturated carbocycles. The van der Waals surface area contributed by atoms with Gasteiger partial charge in [-0.05, 0) is 6.92 Å². The molecular weight excluding hydrogens is 168 g/mol. The maximum absolute atomic E-state index is 5.28. The summed E-state index contributed by atoms with van der Waals surface area (Å²) < 4.78 is 7.19. The van der Waals surface area contributed by atoms with Gasteiger partial charge in [-0.2, -0.15) is 0 Å². The summed E-state index contributed by atoms with van der Waals surface area (Å²) in [5, 5.41) is 7.67. The first-order valence-electron chi connectivity index (χ1n) is 3.97. The molecule has 0 N–H and O–H groups in total. The molecule has 68 valence electrons. The third-order valence-electron chi connectivity index (χ3n) is 1.97. The molecule has 0 radical (unpaired) electrons. The van der Waals surface area contributed by atoms with Crippen molar-refractivity contribution >= 4 is 0 Å². The summed E-state index contributed by atoms with van der Waals surface area (Å²) in [5.41, 5.74) is 0.845. The molecule has 0 aliphatic carbocycles. The van der Waals surface area contributed by atoms with Gasteiger partial charge in [0.2, 0.25) is 5.89 Å². The fraction of sp³-hybridized carbons (Fsp3) is 0.375. The van der Waals surface area contributed by atoms with E-state index in [9.17, 15) is 0 Å². The lowest BCUT2D eigenvalue weighted by Gasteiger charge is -1.96. The molecule has 2 aromatic heterocycles. The minimum atomic E-state index is 0.514. The van der Waals surface area contributed by atoms with Gasteiger partial charge in [0.05, 0.1) is 6.20 Å². The Bertz CT molecular complexity index is 429. The summed E-state index contributed by atoms with van der Waals surface area (Å²) in [5.74, 6) is 2.00. The van der Waals surface area contributed by atoms with Gasteiger partial charge < -0.3 is 8.98 Å². The van der Waals surface area contributed by atoms with Gasteiger partial charge in [-0.15, -0.1) is 10.2 Å². The molecule has 0 aliphatic heterocycles. The van der Waals surface area contributed by atoms with Crippen molar-refractivity contribution in [2.75, 3.05) is 0 Å². The lowest BCUT2D eigenvalue weighted by Crippen LogP contribution is -1.94. The van der Waals surface area contributed by atoms with E-state index >= 15 is 0 Å². The zero-order valence-electron chi connectivity index (χ0n) is 7.77. The van der Waals surface area contributed by atoms with Crippen LogP contribution in [0.3, 0.4) is 0 Å². The van der Waals surface area contributed by atoms with Crippen LogP contribution in [0.15, 0.2) is 10.6 Å². The molecule has 0 atom stereocenters. The Labute approximate surface area is 75.4 Å². The Morgan fingerprint density at radius 1 is 1.31 bits per heavy atom. The van der Waals surface area contributed by atoms with Gasteiger partial charge in [-0.3, -0.25) is 0 Å². The molecule has 13 heavy (non-hydrogen) atoms. The van der Waals surface area contributed by atoms with E-state index in [0.717, 1.165) is 11.5 Å². The third-order valence-corrected chi connectivity index (χ3v) is 1.97. The highest BCUT2D eigenvalue weighted by Gasteiger charge is 2.10. The smallest absolute Gasteiger partial charge is 0.265 e. The van der Waals surface area contributed by atoms with Gasteiger partial charge >= 0.3 is 0 Å². The highest BCUT2D eigenvalue weighted by Crippen LogP contribution is 2.17. The van der Waals surface area contributed by atoms with Crippen LogP contribution in [-0.4, -0.2) is 19.7 Å². The summed E-state index contributed by atoms with van der Waals surface area (Å²) in [7, 11) is 1.91. The van der Waals surface area contributed by atoms with Crippen molar-refractivity contribution in [2.24, 2.45) is 7.05 Å². The van der Waals surface area contributed by atoms with Crippen LogP contribution >= 0.6 is 0 Å². The predicted octanol–water partition coefficient (Wildman–Crippen LogP) is 1.09. The third kappa shape index (κ3) is 1.22. The lowest BCUT2D eigenvalue weighted by molar-refractivity contribution is 0.528. The van der Waals surface area contributed by atoms with Crippen LogP contribution in [0.1, 0.15) is 11.7 Å². The number of hydrogen-bond acceptors (Lipinski definition) is 4. The van der Waals surface area contributed by atoms with Gasteiger partial charge in [-0.25, -0.2) is 4.98 Å². The zero-order valence-corrected chi connectivity index (χ0v) is 7.77. The Morgan fingerprint density at radius 3 is 2.54 bits per heavy atom. The molecule has 5 nitrogen and oxygen atoms in total. The van der Waals surface area contributed by atoms with E-state index in [4.69, 9.17) is 4.42 Å². The van der Waals surface area contributed by atoms with Crippen LogP contribution in [0.4, 0.5) is 0 Å². The number of imidazole rings is 1. The van der Waals surface area contributed by atoms with E-state index in [-0.39, 0.29) is 0 Å².